The fourth-order valence-corrected chi connectivity index (χ4v) is 1.57. The number of thiol groups is 1. The van der Waals surface area contributed by atoms with Crippen LogP contribution in [0.15, 0.2) is 36.5 Å². The van der Waals surface area contributed by atoms with E-state index in [1.807, 2.05) is 53.2 Å². The lowest BCUT2D eigenvalue weighted by Gasteiger charge is -2.04. The highest BCUT2D eigenvalue weighted by molar-refractivity contribution is 14.1. The van der Waals surface area contributed by atoms with Gasteiger partial charge in [0.1, 0.15) is 0 Å². The molecule has 4 heteroatoms. The van der Waals surface area contributed by atoms with E-state index in [1.54, 1.807) is 6.20 Å². The molecule has 0 heterocycles. The molecule has 0 radical (unpaired) electrons. The van der Waals surface area contributed by atoms with Gasteiger partial charge in [-0.25, -0.2) is 5.84 Å². The Morgan fingerprint density at radius 3 is 2.50 bits per heavy atom. The molecule has 0 aromatic heterocycles. The maximum atomic E-state index is 5.43. The van der Waals surface area contributed by atoms with E-state index in [1.165, 1.54) is 3.22 Å². The summed E-state index contributed by atoms with van der Waals surface area (Å²) in [5, 5.41) is 0. The summed E-state index contributed by atoms with van der Waals surface area (Å²) in [5.74, 6) is 5.43. The number of nitrogens with two attached hydrogens (primary N) is 1. The van der Waals surface area contributed by atoms with Crippen molar-refractivity contribution in [3.8, 4) is 0 Å². The minimum Gasteiger partial charge on any atom is -0.257 e. The first kappa shape index (κ1) is 9.88. The zero-order chi connectivity index (χ0) is 8.97. The summed E-state index contributed by atoms with van der Waals surface area (Å²) in [6.07, 6.45) is 1.75. The second kappa shape index (κ2) is 4.74. The fraction of sp³-hybridized carbons (Fsp3) is 0. The Labute approximate surface area is 91.3 Å². The molecule has 0 amide bonds. The van der Waals surface area contributed by atoms with Crippen LogP contribution < -0.4 is 5.84 Å². The first-order valence-corrected chi connectivity index (χ1v) is 4.77. The Morgan fingerprint density at radius 2 is 2.00 bits per heavy atom. The van der Waals surface area contributed by atoms with E-state index in [2.05, 4.69) is 12.6 Å². The average molecular weight is 292 g/mol. The maximum absolute atomic E-state index is 5.43. The molecule has 12 heavy (non-hydrogen) atoms. The van der Waals surface area contributed by atoms with Crippen molar-refractivity contribution in [2.75, 3.05) is 0 Å². The van der Waals surface area contributed by atoms with Gasteiger partial charge in [-0.3, -0.25) is 3.22 Å². The van der Waals surface area contributed by atoms with Crippen molar-refractivity contribution >= 4 is 40.4 Å². The minimum absolute atomic E-state index is 0.854. The molecule has 1 aromatic rings. The molecule has 0 bridgehead atoms. The van der Waals surface area contributed by atoms with Crippen molar-refractivity contribution in [3.63, 3.8) is 0 Å². The molecule has 0 spiro atoms. The summed E-state index contributed by atoms with van der Waals surface area (Å²) in [7, 11) is 0. The number of benzene rings is 1. The van der Waals surface area contributed by atoms with Gasteiger partial charge in [-0.2, -0.15) is 0 Å². The van der Waals surface area contributed by atoms with Crippen LogP contribution in [0.2, 0.25) is 0 Å². The first-order valence-electron chi connectivity index (χ1n) is 3.36. The summed E-state index contributed by atoms with van der Waals surface area (Å²) < 4.78 is 1.45. The largest absolute Gasteiger partial charge is 0.257 e. The quantitative estimate of drug-likeness (QED) is 0.288. The van der Waals surface area contributed by atoms with Gasteiger partial charge in [0.05, 0.1) is 22.9 Å². The predicted molar refractivity (Wildman–Crippen MR) is 63.5 cm³/mol. The first-order chi connectivity index (χ1) is 5.70. The summed E-state index contributed by atoms with van der Waals surface area (Å²) >= 11 is 6.26. The van der Waals surface area contributed by atoms with Gasteiger partial charge in [0.25, 0.3) is 0 Å². The molecular weight excluding hydrogens is 283 g/mol. The molecular formula is C8H9IN2S. The topological polar surface area (TPSA) is 29.3 Å². The smallest absolute Gasteiger partial charge is 0.0759 e. The Balaban J connectivity index is 2.85. The summed E-state index contributed by atoms with van der Waals surface area (Å²) in [6.45, 7) is 0. The minimum atomic E-state index is 0.854. The molecule has 0 saturated heterocycles. The van der Waals surface area contributed by atoms with Crippen LogP contribution in [0.25, 0.3) is 4.91 Å². The number of halogens is 1. The van der Waals surface area contributed by atoms with Crippen LogP contribution in [0.1, 0.15) is 5.56 Å². The highest BCUT2D eigenvalue weighted by Gasteiger charge is 1.94. The number of rotatable bonds is 2. The summed E-state index contributed by atoms with van der Waals surface area (Å²) in [5.41, 5.74) is 1.06. The highest BCUT2D eigenvalue weighted by Crippen LogP contribution is 2.18. The molecule has 0 atom stereocenters. The molecule has 0 aliphatic rings. The lowest BCUT2D eigenvalue weighted by atomic mass is 10.2. The predicted octanol–water partition coefficient (Wildman–Crippen LogP) is 2.44. The summed E-state index contributed by atoms with van der Waals surface area (Å²) in [4.78, 5) is 0.854. The van der Waals surface area contributed by atoms with E-state index in [9.17, 15) is 0 Å². The van der Waals surface area contributed by atoms with Crippen molar-refractivity contribution < 1.29 is 0 Å². The van der Waals surface area contributed by atoms with Crippen molar-refractivity contribution in [2.45, 2.75) is 0 Å². The molecule has 2 nitrogen and oxygen atoms in total. The van der Waals surface area contributed by atoms with Gasteiger partial charge in [0.15, 0.2) is 0 Å². The molecule has 64 valence electrons. The van der Waals surface area contributed by atoms with Crippen molar-refractivity contribution in [2.24, 2.45) is 5.84 Å². The standard InChI is InChI=1S/C8H9IN2S/c9-11(10)6-8(12)7-4-2-1-3-5-7/h1-6,12H,10H2/b8-6-. The molecule has 1 aromatic carbocycles. The van der Waals surface area contributed by atoms with Crippen LogP contribution in [0, 0.1) is 0 Å². The van der Waals surface area contributed by atoms with Crippen molar-refractivity contribution in [1.29, 1.82) is 0 Å². The number of nitrogens with zero attached hydrogens (tertiary/aromatic N) is 1. The van der Waals surface area contributed by atoms with Gasteiger partial charge < -0.3 is 0 Å². The molecule has 1 rings (SSSR count). The monoisotopic (exact) mass is 292 g/mol. The normalized spacial score (nSPS) is 11.4. The number of hydrogen-bond acceptors (Lipinski definition) is 3. The lowest BCUT2D eigenvalue weighted by Crippen LogP contribution is -2.10. The molecule has 0 fully saturated rings. The van der Waals surface area contributed by atoms with Crippen LogP contribution in [-0.2, 0) is 0 Å². The molecule has 0 saturated carbocycles. The van der Waals surface area contributed by atoms with E-state index in [-0.39, 0.29) is 0 Å². The average Bonchev–Trinajstić information content (AvgIpc) is 2.05. The second-order valence-corrected chi connectivity index (χ2v) is 3.82. The van der Waals surface area contributed by atoms with E-state index < -0.39 is 0 Å². The van der Waals surface area contributed by atoms with E-state index in [4.69, 9.17) is 5.84 Å². The van der Waals surface area contributed by atoms with Crippen LogP contribution in [0.4, 0.5) is 0 Å². The molecule has 0 unspecified atom stereocenters. The van der Waals surface area contributed by atoms with Gasteiger partial charge in [-0.05, 0) is 5.56 Å². The Bertz CT molecular complexity index is 272. The zero-order valence-electron chi connectivity index (χ0n) is 6.31. The van der Waals surface area contributed by atoms with Crippen LogP contribution in [0.3, 0.4) is 0 Å². The summed E-state index contributed by atoms with van der Waals surface area (Å²) in [6, 6.07) is 9.87. The second-order valence-electron chi connectivity index (χ2n) is 2.22. The van der Waals surface area contributed by atoms with Gasteiger partial charge in [0.2, 0.25) is 0 Å². The Hall–Kier alpha value is -0.200. The Kier molecular flexibility index (Phi) is 3.90. The highest BCUT2D eigenvalue weighted by atomic mass is 127. The van der Waals surface area contributed by atoms with Crippen LogP contribution in [0.5, 0.6) is 0 Å². The van der Waals surface area contributed by atoms with E-state index >= 15 is 0 Å². The molecule has 0 aliphatic heterocycles. The van der Waals surface area contributed by atoms with Gasteiger partial charge in [0, 0.05) is 11.1 Å². The third-order valence-electron chi connectivity index (χ3n) is 1.32. The van der Waals surface area contributed by atoms with E-state index in [0.29, 0.717) is 0 Å². The third-order valence-corrected chi connectivity index (χ3v) is 1.97. The number of hydrogen-bond donors (Lipinski definition) is 2. The maximum Gasteiger partial charge on any atom is 0.0759 e. The van der Waals surface area contributed by atoms with Crippen molar-refractivity contribution in [3.05, 3.63) is 42.1 Å². The molecule has 2 N–H and O–H groups in total. The van der Waals surface area contributed by atoms with Gasteiger partial charge >= 0.3 is 0 Å². The Morgan fingerprint density at radius 1 is 1.42 bits per heavy atom. The SMILES string of the molecule is NN(I)/C=C(\S)c1ccccc1. The van der Waals surface area contributed by atoms with E-state index in [0.717, 1.165) is 10.5 Å². The van der Waals surface area contributed by atoms with Crippen molar-refractivity contribution in [1.82, 2.24) is 3.22 Å². The van der Waals surface area contributed by atoms with Gasteiger partial charge in [-0.15, -0.1) is 12.6 Å². The fourth-order valence-electron chi connectivity index (χ4n) is 0.800. The third kappa shape index (κ3) is 3.04. The molecule has 0 aliphatic carbocycles. The zero-order valence-corrected chi connectivity index (χ0v) is 9.37. The van der Waals surface area contributed by atoms with Crippen LogP contribution >= 0.6 is 35.5 Å². The van der Waals surface area contributed by atoms with Crippen LogP contribution in [-0.4, -0.2) is 3.22 Å². The lowest BCUT2D eigenvalue weighted by molar-refractivity contribution is 0.730. The van der Waals surface area contributed by atoms with Gasteiger partial charge in [-0.1, -0.05) is 30.3 Å². The number of hydrazine groups is 1.